The van der Waals surface area contributed by atoms with Gasteiger partial charge in [0.05, 0.1) is 0 Å². The van der Waals surface area contributed by atoms with Gasteiger partial charge in [0.1, 0.15) is 0 Å². The third kappa shape index (κ3) is 4.29. The number of benzene rings is 1. The first kappa shape index (κ1) is 13.4. The molecule has 0 saturated carbocycles. The van der Waals surface area contributed by atoms with Crippen molar-refractivity contribution < 1.29 is 9.21 Å². The first-order chi connectivity index (χ1) is 9.13. The predicted octanol–water partition coefficient (Wildman–Crippen LogP) is 2.08. The van der Waals surface area contributed by atoms with Crippen molar-refractivity contribution in [3.63, 3.8) is 0 Å². The van der Waals surface area contributed by atoms with Crippen LogP contribution in [0.2, 0.25) is 0 Å². The van der Waals surface area contributed by atoms with E-state index in [1.54, 1.807) is 31.2 Å². The van der Waals surface area contributed by atoms with Crippen molar-refractivity contribution in [1.29, 1.82) is 0 Å². The van der Waals surface area contributed by atoms with Crippen molar-refractivity contribution in [2.75, 3.05) is 16.8 Å². The molecule has 0 aliphatic rings. The second-order valence-electron chi connectivity index (χ2n) is 3.86. The summed E-state index contributed by atoms with van der Waals surface area (Å²) in [5.74, 6) is 1.05. The number of nitrogens with one attached hydrogen (secondary N) is 1. The van der Waals surface area contributed by atoms with Gasteiger partial charge in [0.25, 0.3) is 5.22 Å². The summed E-state index contributed by atoms with van der Waals surface area (Å²) >= 11 is 1.36. The summed E-state index contributed by atoms with van der Waals surface area (Å²) in [6.07, 6.45) is 0.371. The van der Waals surface area contributed by atoms with Gasteiger partial charge in [-0.15, -0.1) is 10.2 Å². The topological polar surface area (TPSA) is 94.0 Å². The lowest BCUT2D eigenvalue weighted by Crippen LogP contribution is -2.12. The molecule has 1 heterocycles. The van der Waals surface area contributed by atoms with Crippen LogP contribution in [-0.4, -0.2) is 21.9 Å². The fourth-order valence-electron chi connectivity index (χ4n) is 1.36. The Balaban J connectivity index is 1.74. The Morgan fingerprint density at radius 1 is 1.37 bits per heavy atom. The molecule has 0 saturated heterocycles. The van der Waals surface area contributed by atoms with Gasteiger partial charge in [-0.1, -0.05) is 11.8 Å². The molecule has 19 heavy (non-hydrogen) atoms. The van der Waals surface area contributed by atoms with Gasteiger partial charge in [-0.3, -0.25) is 4.79 Å². The largest absolute Gasteiger partial charge is 0.416 e. The Bertz CT molecular complexity index is 553. The first-order valence-electron chi connectivity index (χ1n) is 5.72. The van der Waals surface area contributed by atoms with E-state index in [1.807, 2.05) is 0 Å². The van der Waals surface area contributed by atoms with E-state index in [0.717, 1.165) is 5.69 Å². The van der Waals surface area contributed by atoms with Gasteiger partial charge in [-0.2, -0.15) is 0 Å². The fourth-order valence-corrected chi connectivity index (χ4v) is 2.10. The Morgan fingerprint density at radius 2 is 2.11 bits per heavy atom. The van der Waals surface area contributed by atoms with E-state index in [-0.39, 0.29) is 5.91 Å². The van der Waals surface area contributed by atoms with E-state index < -0.39 is 0 Å². The average Bonchev–Trinajstić information content (AvgIpc) is 2.78. The number of amides is 1. The minimum atomic E-state index is -0.0616. The highest BCUT2D eigenvalue weighted by Gasteiger charge is 2.06. The van der Waals surface area contributed by atoms with E-state index in [9.17, 15) is 4.79 Å². The molecule has 3 N–H and O–H groups in total. The fraction of sp³-hybridized carbons (Fsp3) is 0.250. The number of nitrogens with zero attached hydrogens (tertiary/aromatic N) is 2. The number of nitrogen functional groups attached to an aromatic ring is 1. The van der Waals surface area contributed by atoms with Crippen LogP contribution < -0.4 is 11.1 Å². The summed E-state index contributed by atoms with van der Waals surface area (Å²) in [6, 6.07) is 7.01. The molecule has 2 aromatic rings. The van der Waals surface area contributed by atoms with E-state index in [0.29, 0.717) is 29.0 Å². The highest BCUT2D eigenvalue weighted by Crippen LogP contribution is 2.17. The van der Waals surface area contributed by atoms with Crippen LogP contribution in [-0.2, 0) is 4.79 Å². The van der Waals surface area contributed by atoms with E-state index in [1.165, 1.54) is 11.8 Å². The number of thioether (sulfide) groups is 1. The average molecular weight is 278 g/mol. The lowest BCUT2D eigenvalue weighted by Gasteiger charge is -2.04. The van der Waals surface area contributed by atoms with Crippen molar-refractivity contribution in [2.24, 2.45) is 0 Å². The summed E-state index contributed by atoms with van der Waals surface area (Å²) in [5, 5.41) is 10.8. The number of rotatable bonds is 5. The highest BCUT2D eigenvalue weighted by atomic mass is 32.2. The molecule has 0 aliphatic heterocycles. The molecule has 100 valence electrons. The van der Waals surface area contributed by atoms with Gasteiger partial charge < -0.3 is 15.5 Å². The normalized spacial score (nSPS) is 10.4. The molecule has 2 rings (SSSR count). The van der Waals surface area contributed by atoms with Crippen LogP contribution in [0, 0.1) is 6.92 Å². The van der Waals surface area contributed by atoms with Crippen molar-refractivity contribution in [2.45, 2.75) is 18.6 Å². The summed E-state index contributed by atoms with van der Waals surface area (Å²) in [5.41, 5.74) is 6.97. The molecule has 1 aromatic heterocycles. The molecule has 7 heteroatoms. The van der Waals surface area contributed by atoms with E-state index in [4.69, 9.17) is 10.2 Å². The zero-order chi connectivity index (χ0) is 13.7. The van der Waals surface area contributed by atoms with Crippen LogP contribution in [0.15, 0.2) is 33.9 Å². The number of carbonyl (C=O) groups is 1. The Labute approximate surface area is 114 Å². The summed E-state index contributed by atoms with van der Waals surface area (Å²) in [6.45, 7) is 1.73. The van der Waals surface area contributed by atoms with Gasteiger partial charge >= 0.3 is 0 Å². The Hall–Kier alpha value is -2.02. The second kappa shape index (κ2) is 6.24. The van der Waals surface area contributed by atoms with Gasteiger partial charge in [0.2, 0.25) is 11.8 Å². The van der Waals surface area contributed by atoms with Crippen molar-refractivity contribution >= 4 is 29.0 Å². The summed E-state index contributed by atoms with van der Waals surface area (Å²) in [7, 11) is 0. The van der Waals surface area contributed by atoms with Crippen molar-refractivity contribution in [3.8, 4) is 0 Å². The van der Waals surface area contributed by atoms with Crippen LogP contribution in [0.3, 0.4) is 0 Å². The molecule has 0 radical (unpaired) electrons. The molecule has 1 aromatic carbocycles. The molecule has 0 bridgehead atoms. The molecule has 0 fully saturated rings. The number of hydrogen-bond donors (Lipinski definition) is 2. The van der Waals surface area contributed by atoms with Gasteiger partial charge in [-0.05, 0) is 24.3 Å². The molecular weight excluding hydrogens is 264 g/mol. The smallest absolute Gasteiger partial charge is 0.276 e. The molecular formula is C12H14N4O2S. The minimum Gasteiger partial charge on any atom is -0.416 e. The lowest BCUT2D eigenvalue weighted by atomic mass is 10.3. The van der Waals surface area contributed by atoms with Gasteiger partial charge in [0.15, 0.2) is 0 Å². The molecule has 6 nitrogen and oxygen atoms in total. The Morgan fingerprint density at radius 3 is 2.74 bits per heavy atom. The number of aryl methyl sites for hydroxylation is 1. The number of aromatic nitrogens is 2. The second-order valence-corrected chi connectivity index (χ2v) is 4.90. The van der Waals surface area contributed by atoms with Crippen LogP contribution in [0.4, 0.5) is 11.4 Å². The minimum absolute atomic E-state index is 0.0616. The van der Waals surface area contributed by atoms with Crippen LogP contribution in [0.25, 0.3) is 0 Å². The molecule has 0 unspecified atom stereocenters. The summed E-state index contributed by atoms with van der Waals surface area (Å²) < 4.78 is 5.19. The third-order valence-corrected chi connectivity index (χ3v) is 3.08. The zero-order valence-corrected chi connectivity index (χ0v) is 11.2. The van der Waals surface area contributed by atoms with Crippen molar-refractivity contribution in [3.05, 3.63) is 30.2 Å². The first-order valence-corrected chi connectivity index (χ1v) is 6.70. The molecule has 0 spiro atoms. The lowest BCUT2D eigenvalue weighted by molar-refractivity contribution is -0.115. The maximum absolute atomic E-state index is 11.7. The van der Waals surface area contributed by atoms with Crippen LogP contribution in [0.1, 0.15) is 12.3 Å². The van der Waals surface area contributed by atoms with Crippen LogP contribution in [0.5, 0.6) is 0 Å². The number of nitrogens with two attached hydrogens (primary N) is 1. The quantitative estimate of drug-likeness (QED) is 0.642. The monoisotopic (exact) mass is 278 g/mol. The maximum atomic E-state index is 11.7. The zero-order valence-electron chi connectivity index (χ0n) is 10.4. The summed E-state index contributed by atoms with van der Waals surface area (Å²) in [4.78, 5) is 11.7. The number of anilines is 2. The predicted molar refractivity (Wildman–Crippen MR) is 73.9 cm³/mol. The van der Waals surface area contributed by atoms with Crippen LogP contribution >= 0.6 is 11.8 Å². The molecule has 0 atom stereocenters. The molecule has 1 amide bonds. The van der Waals surface area contributed by atoms with E-state index >= 15 is 0 Å². The number of hydrogen-bond acceptors (Lipinski definition) is 6. The molecule has 0 aliphatic carbocycles. The van der Waals surface area contributed by atoms with Crippen molar-refractivity contribution in [1.82, 2.24) is 10.2 Å². The highest BCUT2D eigenvalue weighted by molar-refractivity contribution is 7.99. The SMILES string of the molecule is Cc1nnc(SCCC(=O)Nc2ccc(N)cc2)o1. The number of carbonyl (C=O) groups excluding carboxylic acids is 1. The third-order valence-electron chi connectivity index (χ3n) is 2.26. The maximum Gasteiger partial charge on any atom is 0.276 e. The van der Waals surface area contributed by atoms with Gasteiger partial charge in [-0.25, -0.2) is 0 Å². The standard InChI is InChI=1S/C12H14N4O2S/c1-8-15-16-12(18-8)19-7-6-11(17)14-10-4-2-9(13)3-5-10/h2-5H,6-7,13H2,1H3,(H,14,17). The Kier molecular flexibility index (Phi) is 4.40. The van der Waals surface area contributed by atoms with E-state index in [2.05, 4.69) is 15.5 Å². The van der Waals surface area contributed by atoms with Gasteiger partial charge in [0, 0.05) is 30.5 Å².